The number of imidazole rings is 1. The number of nitrogens with zero attached hydrogens (tertiary/aromatic N) is 2. The van der Waals surface area contributed by atoms with Crippen LogP contribution in [0.4, 0.5) is 0 Å². The van der Waals surface area contributed by atoms with Gasteiger partial charge >= 0.3 is 0 Å². The molecule has 0 spiro atoms. The summed E-state index contributed by atoms with van der Waals surface area (Å²) in [5, 5.41) is 2.99. The number of carbonyl (C=O) groups is 1. The highest BCUT2D eigenvalue weighted by Crippen LogP contribution is 2.20. The fourth-order valence-corrected chi connectivity index (χ4v) is 3.87. The maximum atomic E-state index is 12.2. The van der Waals surface area contributed by atoms with E-state index in [1.54, 1.807) is 0 Å². The summed E-state index contributed by atoms with van der Waals surface area (Å²) in [5.74, 6) is 1.85. The van der Waals surface area contributed by atoms with Gasteiger partial charge in [0.25, 0.3) is 0 Å². The van der Waals surface area contributed by atoms with E-state index in [1.165, 1.54) is 5.56 Å². The number of rotatable bonds is 8. The Morgan fingerprint density at radius 3 is 2.97 bits per heavy atom. The lowest BCUT2D eigenvalue weighted by Crippen LogP contribution is -2.35. The first-order valence-electron chi connectivity index (χ1n) is 10.7. The number of aromatic nitrogens is 2. The third-order valence-corrected chi connectivity index (χ3v) is 5.52. The topological polar surface area (TPSA) is 65.4 Å². The van der Waals surface area contributed by atoms with E-state index in [2.05, 4.69) is 48.0 Å². The Morgan fingerprint density at radius 2 is 2.13 bits per heavy atom. The van der Waals surface area contributed by atoms with Gasteiger partial charge in [-0.25, -0.2) is 4.98 Å². The van der Waals surface area contributed by atoms with Crippen molar-refractivity contribution in [3.05, 3.63) is 59.4 Å². The van der Waals surface area contributed by atoms with Gasteiger partial charge in [-0.3, -0.25) is 4.79 Å². The summed E-state index contributed by atoms with van der Waals surface area (Å²) in [6.45, 7) is 6.60. The number of amides is 1. The highest BCUT2D eigenvalue weighted by atomic mass is 16.5. The van der Waals surface area contributed by atoms with Crippen molar-refractivity contribution in [3.8, 4) is 5.75 Å². The quantitative estimate of drug-likeness (QED) is 0.620. The third-order valence-electron chi connectivity index (χ3n) is 5.52. The lowest BCUT2D eigenvalue weighted by atomic mass is 10.1. The zero-order valence-corrected chi connectivity index (χ0v) is 17.7. The molecule has 1 aromatic heterocycles. The second-order valence-corrected chi connectivity index (χ2v) is 7.83. The molecule has 1 fully saturated rings. The zero-order valence-electron chi connectivity index (χ0n) is 17.7. The standard InChI is InChI=1S/C24H29N3O3/c1-17-9-10-18(2)22(16-17)30-15-13-27-20-7-4-3-6-19(20)26-23(27)11-12-25-24(28)21-8-5-14-29-21/h3-4,6-7,9-10,16,21H,5,8,11-15H2,1-2H3,(H,25,28). The molecule has 4 rings (SSSR count). The normalized spacial score (nSPS) is 16.1. The summed E-state index contributed by atoms with van der Waals surface area (Å²) in [5.41, 5.74) is 4.37. The van der Waals surface area contributed by atoms with Gasteiger partial charge < -0.3 is 19.4 Å². The van der Waals surface area contributed by atoms with Crippen molar-refractivity contribution in [2.45, 2.75) is 45.8 Å². The van der Waals surface area contributed by atoms with Crippen LogP contribution in [0, 0.1) is 13.8 Å². The molecule has 2 heterocycles. The molecule has 1 saturated heterocycles. The second-order valence-electron chi connectivity index (χ2n) is 7.83. The summed E-state index contributed by atoms with van der Waals surface area (Å²) >= 11 is 0. The van der Waals surface area contributed by atoms with Crippen LogP contribution in [-0.2, 0) is 22.5 Å². The van der Waals surface area contributed by atoms with Gasteiger partial charge in [0, 0.05) is 19.6 Å². The van der Waals surface area contributed by atoms with E-state index in [1.807, 2.05) is 18.2 Å². The van der Waals surface area contributed by atoms with E-state index in [9.17, 15) is 4.79 Å². The summed E-state index contributed by atoms with van der Waals surface area (Å²) < 4.78 is 13.7. The number of ether oxygens (including phenoxy) is 2. The van der Waals surface area contributed by atoms with Crippen molar-refractivity contribution in [3.63, 3.8) is 0 Å². The van der Waals surface area contributed by atoms with Crippen LogP contribution in [0.15, 0.2) is 42.5 Å². The minimum Gasteiger partial charge on any atom is -0.491 e. The molecule has 3 aromatic rings. The van der Waals surface area contributed by atoms with Gasteiger partial charge in [-0.15, -0.1) is 0 Å². The van der Waals surface area contributed by atoms with Crippen molar-refractivity contribution in [2.75, 3.05) is 19.8 Å². The molecule has 1 amide bonds. The van der Waals surface area contributed by atoms with Gasteiger partial charge in [0.2, 0.25) is 5.91 Å². The fourth-order valence-electron chi connectivity index (χ4n) is 3.87. The molecule has 1 atom stereocenters. The van der Waals surface area contributed by atoms with Crippen LogP contribution in [0.2, 0.25) is 0 Å². The Bertz CT molecular complexity index is 1020. The SMILES string of the molecule is Cc1ccc(C)c(OCCn2c(CCNC(=O)C3CCCO3)nc3ccccc32)c1. The smallest absolute Gasteiger partial charge is 0.249 e. The predicted molar refractivity (Wildman–Crippen MR) is 117 cm³/mol. The van der Waals surface area contributed by atoms with Crippen LogP contribution in [0.5, 0.6) is 5.75 Å². The number of fused-ring (bicyclic) bond motifs is 1. The lowest BCUT2D eigenvalue weighted by molar-refractivity contribution is -0.130. The first-order valence-corrected chi connectivity index (χ1v) is 10.7. The molecule has 6 heteroatoms. The van der Waals surface area contributed by atoms with E-state index < -0.39 is 0 Å². The van der Waals surface area contributed by atoms with Crippen LogP contribution in [-0.4, -0.2) is 41.3 Å². The molecule has 2 aromatic carbocycles. The average molecular weight is 408 g/mol. The van der Waals surface area contributed by atoms with Crippen LogP contribution in [0.3, 0.4) is 0 Å². The number of para-hydroxylation sites is 2. The summed E-state index contributed by atoms with van der Waals surface area (Å²) in [6.07, 6.45) is 2.13. The van der Waals surface area contributed by atoms with Crippen LogP contribution in [0.25, 0.3) is 11.0 Å². The Labute approximate surface area is 177 Å². The van der Waals surface area contributed by atoms with Crippen molar-refractivity contribution >= 4 is 16.9 Å². The van der Waals surface area contributed by atoms with E-state index in [0.717, 1.165) is 41.0 Å². The van der Waals surface area contributed by atoms with E-state index >= 15 is 0 Å². The molecule has 158 valence electrons. The van der Waals surface area contributed by atoms with Gasteiger partial charge in [0.1, 0.15) is 24.3 Å². The Morgan fingerprint density at radius 1 is 1.27 bits per heavy atom. The molecule has 30 heavy (non-hydrogen) atoms. The Hall–Kier alpha value is -2.86. The molecular formula is C24H29N3O3. The first-order chi connectivity index (χ1) is 14.6. The molecule has 0 saturated carbocycles. The second kappa shape index (κ2) is 9.30. The molecule has 1 N–H and O–H groups in total. The van der Waals surface area contributed by atoms with Crippen molar-refractivity contribution < 1.29 is 14.3 Å². The minimum absolute atomic E-state index is 0.0200. The van der Waals surface area contributed by atoms with Gasteiger partial charge in [-0.1, -0.05) is 24.3 Å². The molecule has 0 bridgehead atoms. The largest absolute Gasteiger partial charge is 0.491 e. The number of hydrogen-bond donors (Lipinski definition) is 1. The summed E-state index contributed by atoms with van der Waals surface area (Å²) in [4.78, 5) is 17.0. The lowest BCUT2D eigenvalue weighted by Gasteiger charge is -2.14. The van der Waals surface area contributed by atoms with Crippen molar-refractivity contribution in [2.24, 2.45) is 0 Å². The van der Waals surface area contributed by atoms with E-state index in [0.29, 0.717) is 32.7 Å². The molecular weight excluding hydrogens is 378 g/mol. The number of nitrogens with one attached hydrogen (secondary N) is 1. The van der Waals surface area contributed by atoms with Gasteiger partial charge in [-0.05, 0) is 56.0 Å². The van der Waals surface area contributed by atoms with Crippen LogP contribution in [0.1, 0.15) is 29.8 Å². The van der Waals surface area contributed by atoms with Gasteiger partial charge in [0.05, 0.1) is 17.6 Å². The molecule has 6 nitrogen and oxygen atoms in total. The molecule has 1 unspecified atom stereocenters. The Kier molecular flexibility index (Phi) is 6.33. The van der Waals surface area contributed by atoms with Crippen LogP contribution >= 0.6 is 0 Å². The molecule has 1 aliphatic rings. The van der Waals surface area contributed by atoms with Gasteiger partial charge in [0.15, 0.2) is 0 Å². The van der Waals surface area contributed by atoms with Crippen molar-refractivity contribution in [1.82, 2.24) is 14.9 Å². The highest BCUT2D eigenvalue weighted by Gasteiger charge is 2.23. The predicted octanol–water partition coefficient (Wildman–Crippen LogP) is 3.57. The Balaban J connectivity index is 1.42. The number of carbonyl (C=O) groups excluding carboxylic acids is 1. The summed E-state index contributed by atoms with van der Waals surface area (Å²) in [7, 11) is 0. The average Bonchev–Trinajstić information content (AvgIpc) is 3.39. The maximum absolute atomic E-state index is 12.2. The molecule has 0 aliphatic carbocycles. The van der Waals surface area contributed by atoms with E-state index in [4.69, 9.17) is 14.5 Å². The van der Waals surface area contributed by atoms with Gasteiger partial charge in [-0.2, -0.15) is 0 Å². The number of aryl methyl sites for hydroxylation is 2. The summed E-state index contributed by atoms with van der Waals surface area (Å²) in [6, 6.07) is 14.4. The van der Waals surface area contributed by atoms with Crippen molar-refractivity contribution in [1.29, 1.82) is 0 Å². The molecule has 1 aliphatic heterocycles. The zero-order chi connectivity index (χ0) is 20.9. The molecule has 0 radical (unpaired) electrons. The highest BCUT2D eigenvalue weighted by molar-refractivity contribution is 5.81. The van der Waals surface area contributed by atoms with Crippen LogP contribution < -0.4 is 10.1 Å². The van der Waals surface area contributed by atoms with E-state index in [-0.39, 0.29) is 12.0 Å². The monoisotopic (exact) mass is 407 g/mol. The minimum atomic E-state index is -0.296. The number of benzene rings is 2. The first kappa shape index (κ1) is 20.4. The third kappa shape index (κ3) is 4.65. The number of hydrogen-bond acceptors (Lipinski definition) is 4. The maximum Gasteiger partial charge on any atom is 0.249 e. The fraction of sp³-hybridized carbons (Fsp3) is 0.417.